The van der Waals surface area contributed by atoms with Crippen LogP contribution >= 0.6 is 0 Å². The van der Waals surface area contributed by atoms with Gasteiger partial charge in [0, 0.05) is 26.0 Å². The Morgan fingerprint density at radius 3 is 2.75 bits per heavy atom. The molecule has 2 N–H and O–H groups in total. The normalized spacial score (nSPS) is 10.8. The van der Waals surface area contributed by atoms with E-state index in [1.54, 1.807) is 25.2 Å². The lowest BCUT2D eigenvalue weighted by atomic mass is 10.1. The Morgan fingerprint density at radius 2 is 2.05 bits per heavy atom. The van der Waals surface area contributed by atoms with Crippen LogP contribution < -0.4 is 10.7 Å². The van der Waals surface area contributed by atoms with E-state index in [1.807, 2.05) is 24.3 Å². The van der Waals surface area contributed by atoms with Crippen LogP contribution in [0.5, 0.6) is 0 Å². The molecule has 0 saturated heterocycles. The number of para-hydroxylation sites is 1. The van der Waals surface area contributed by atoms with Gasteiger partial charge in [0.1, 0.15) is 5.82 Å². The van der Waals surface area contributed by atoms with E-state index in [0.717, 1.165) is 29.7 Å². The van der Waals surface area contributed by atoms with Gasteiger partial charge in [0.05, 0.1) is 11.1 Å². The van der Waals surface area contributed by atoms with Gasteiger partial charge in [0.15, 0.2) is 0 Å². The molecule has 5 nitrogen and oxygen atoms in total. The molecule has 0 aliphatic rings. The number of nitrogens with zero attached hydrogens (tertiary/aromatic N) is 2. The topological polar surface area (TPSA) is 57.3 Å². The number of aromatic nitrogens is 1. The molecule has 0 unspecified atom stereocenters. The maximum absolute atomic E-state index is 12.3. The molecule has 2 rings (SSSR count). The highest BCUT2D eigenvalue weighted by atomic mass is 16.2. The van der Waals surface area contributed by atoms with Crippen LogP contribution in [0, 0.1) is 0 Å². The standard InChI is InChI=1S/C15H20N4O/c1-4-9-16-14-10-12(15(20)18-19(2)3)11-7-5-6-8-13(11)17-14/h5-8,10H,4,9H2,1-3H3,(H,16,17)(H,18,20). The number of carbonyl (C=O) groups is 1. The molecule has 20 heavy (non-hydrogen) atoms. The van der Waals surface area contributed by atoms with E-state index >= 15 is 0 Å². The van der Waals surface area contributed by atoms with E-state index < -0.39 is 0 Å². The van der Waals surface area contributed by atoms with E-state index in [-0.39, 0.29) is 5.91 Å². The molecule has 0 saturated carbocycles. The maximum Gasteiger partial charge on any atom is 0.266 e. The Bertz CT molecular complexity index is 610. The van der Waals surface area contributed by atoms with Crippen molar-refractivity contribution in [3.8, 4) is 0 Å². The number of hydrazine groups is 1. The number of anilines is 1. The van der Waals surface area contributed by atoms with Crippen LogP contribution in [0.4, 0.5) is 5.82 Å². The zero-order valence-electron chi connectivity index (χ0n) is 12.1. The first-order chi connectivity index (χ1) is 9.61. The fourth-order valence-corrected chi connectivity index (χ4v) is 1.97. The van der Waals surface area contributed by atoms with Crippen LogP contribution in [-0.4, -0.2) is 36.5 Å². The largest absolute Gasteiger partial charge is 0.370 e. The second kappa shape index (κ2) is 6.34. The third-order valence-electron chi connectivity index (χ3n) is 2.84. The third-order valence-corrected chi connectivity index (χ3v) is 2.84. The first kappa shape index (κ1) is 14.3. The molecule has 2 aromatic rings. The summed E-state index contributed by atoms with van der Waals surface area (Å²) < 4.78 is 0. The fourth-order valence-electron chi connectivity index (χ4n) is 1.97. The highest BCUT2D eigenvalue weighted by Gasteiger charge is 2.13. The van der Waals surface area contributed by atoms with Crippen LogP contribution in [0.25, 0.3) is 10.9 Å². The van der Waals surface area contributed by atoms with Crippen LogP contribution in [0.15, 0.2) is 30.3 Å². The van der Waals surface area contributed by atoms with Crippen molar-refractivity contribution in [1.29, 1.82) is 0 Å². The Morgan fingerprint density at radius 1 is 1.30 bits per heavy atom. The Hall–Kier alpha value is -2.14. The summed E-state index contributed by atoms with van der Waals surface area (Å²) in [6.45, 7) is 2.92. The first-order valence-electron chi connectivity index (χ1n) is 6.73. The third kappa shape index (κ3) is 3.24. The lowest BCUT2D eigenvalue weighted by molar-refractivity contribution is 0.0858. The number of carbonyl (C=O) groups excluding carboxylic acids is 1. The number of rotatable bonds is 5. The summed E-state index contributed by atoms with van der Waals surface area (Å²) in [5.41, 5.74) is 4.22. The van der Waals surface area contributed by atoms with Gasteiger partial charge in [-0.2, -0.15) is 0 Å². The predicted octanol–water partition coefficient (Wildman–Crippen LogP) is 2.26. The van der Waals surface area contributed by atoms with Crippen LogP contribution in [0.3, 0.4) is 0 Å². The molecule has 1 amide bonds. The van der Waals surface area contributed by atoms with E-state index in [1.165, 1.54) is 0 Å². The monoisotopic (exact) mass is 272 g/mol. The maximum atomic E-state index is 12.3. The van der Waals surface area contributed by atoms with Crippen molar-refractivity contribution in [2.75, 3.05) is 26.0 Å². The molecule has 0 spiro atoms. The number of benzene rings is 1. The zero-order chi connectivity index (χ0) is 14.5. The molecular weight excluding hydrogens is 252 g/mol. The van der Waals surface area contributed by atoms with Crippen molar-refractivity contribution in [2.24, 2.45) is 0 Å². The van der Waals surface area contributed by atoms with Crippen molar-refractivity contribution in [1.82, 2.24) is 15.4 Å². The van der Waals surface area contributed by atoms with Crippen molar-refractivity contribution in [3.05, 3.63) is 35.9 Å². The summed E-state index contributed by atoms with van der Waals surface area (Å²) in [6.07, 6.45) is 1.01. The average Bonchev–Trinajstić information content (AvgIpc) is 2.43. The molecule has 1 heterocycles. The van der Waals surface area contributed by atoms with Crippen molar-refractivity contribution in [2.45, 2.75) is 13.3 Å². The number of amides is 1. The molecular formula is C15H20N4O. The van der Waals surface area contributed by atoms with Gasteiger partial charge in [-0.25, -0.2) is 9.99 Å². The summed E-state index contributed by atoms with van der Waals surface area (Å²) in [5, 5.41) is 5.72. The van der Waals surface area contributed by atoms with Crippen molar-refractivity contribution < 1.29 is 4.79 Å². The minimum Gasteiger partial charge on any atom is -0.370 e. The second-order valence-electron chi connectivity index (χ2n) is 4.83. The number of hydrogen-bond donors (Lipinski definition) is 2. The minimum absolute atomic E-state index is 0.131. The van der Waals surface area contributed by atoms with E-state index in [4.69, 9.17) is 0 Å². The van der Waals surface area contributed by atoms with Crippen LogP contribution in [-0.2, 0) is 0 Å². The Labute approximate surface area is 119 Å². The van der Waals surface area contributed by atoms with Gasteiger partial charge < -0.3 is 5.32 Å². The van der Waals surface area contributed by atoms with Gasteiger partial charge in [-0.3, -0.25) is 10.2 Å². The molecule has 5 heteroatoms. The quantitative estimate of drug-likeness (QED) is 0.820. The summed E-state index contributed by atoms with van der Waals surface area (Å²) in [7, 11) is 3.58. The minimum atomic E-state index is -0.131. The SMILES string of the molecule is CCCNc1cc(C(=O)NN(C)C)c2ccccc2n1. The molecule has 0 bridgehead atoms. The van der Waals surface area contributed by atoms with Gasteiger partial charge in [-0.15, -0.1) is 0 Å². The van der Waals surface area contributed by atoms with Crippen molar-refractivity contribution >= 4 is 22.6 Å². The molecule has 106 valence electrons. The van der Waals surface area contributed by atoms with Gasteiger partial charge in [-0.1, -0.05) is 25.1 Å². The number of pyridine rings is 1. The van der Waals surface area contributed by atoms with Gasteiger partial charge in [-0.05, 0) is 18.6 Å². The average molecular weight is 272 g/mol. The molecule has 1 aromatic carbocycles. The number of nitrogens with one attached hydrogen (secondary N) is 2. The summed E-state index contributed by atoms with van der Waals surface area (Å²) >= 11 is 0. The number of fused-ring (bicyclic) bond motifs is 1. The Balaban J connectivity index is 2.46. The summed E-state index contributed by atoms with van der Waals surface area (Å²) in [6, 6.07) is 9.47. The van der Waals surface area contributed by atoms with E-state index in [9.17, 15) is 4.79 Å². The predicted molar refractivity (Wildman–Crippen MR) is 81.7 cm³/mol. The molecule has 0 atom stereocenters. The second-order valence-corrected chi connectivity index (χ2v) is 4.83. The zero-order valence-corrected chi connectivity index (χ0v) is 12.1. The molecule has 0 fully saturated rings. The molecule has 0 radical (unpaired) electrons. The smallest absolute Gasteiger partial charge is 0.266 e. The highest BCUT2D eigenvalue weighted by molar-refractivity contribution is 6.06. The lowest BCUT2D eigenvalue weighted by Gasteiger charge is -2.14. The Kier molecular flexibility index (Phi) is 4.53. The van der Waals surface area contributed by atoms with Gasteiger partial charge in [0.2, 0.25) is 0 Å². The molecule has 0 aliphatic heterocycles. The van der Waals surface area contributed by atoms with Crippen LogP contribution in [0.2, 0.25) is 0 Å². The molecule has 1 aromatic heterocycles. The first-order valence-corrected chi connectivity index (χ1v) is 6.73. The summed E-state index contributed by atoms with van der Waals surface area (Å²) in [4.78, 5) is 16.8. The molecule has 0 aliphatic carbocycles. The van der Waals surface area contributed by atoms with E-state index in [2.05, 4.69) is 22.7 Å². The number of hydrogen-bond acceptors (Lipinski definition) is 4. The highest BCUT2D eigenvalue weighted by Crippen LogP contribution is 2.20. The van der Waals surface area contributed by atoms with E-state index in [0.29, 0.717) is 5.56 Å². The van der Waals surface area contributed by atoms with Crippen LogP contribution in [0.1, 0.15) is 23.7 Å². The van der Waals surface area contributed by atoms with Gasteiger partial charge in [0.25, 0.3) is 5.91 Å². The van der Waals surface area contributed by atoms with Gasteiger partial charge >= 0.3 is 0 Å². The van der Waals surface area contributed by atoms with Crippen molar-refractivity contribution in [3.63, 3.8) is 0 Å². The lowest BCUT2D eigenvalue weighted by Crippen LogP contribution is -2.36. The summed E-state index contributed by atoms with van der Waals surface area (Å²) in [5.74, 6) is 0.600. The fraction of sp³-hybridized carbons (Fsp3) is 0.333.